The smallest absolute Gasteiger partial charge is 0.259 e. The first-order valence-corrected chi connectivity index (χ1v) is 5.68. The minimum Gasteiger partial charge on any atom is -0.356 e. The van der Waals surface area contributed by atoms with E-state index in [1.54, 1.807) is 37.3 Å². The molecule has 0 radical (unpaired) electrons. The lowest BCUT2D eigenvalue weighted by atomic mass is 10.1. The third-order valence-electron chi connectivity index (χ3n) is 2.87. The van der Waals surface area contributed by atoms with E-state index >= 15 is 0 Å². The molecule has 0 unspecified atom stereocenters. The van der Waals surface area contributed by atoms with Crippen molar-refractivity contribution in [2.75, 3.05) is 0 Å². The van der Waals surface area contributed by atoms with Gasteiger partial charge in [-0.3, -0.25) is 4.79 Å². The van der Waals surface area contributed by atoms with Gasteiger partial charge in [-0.2, -0.15) is 5.26 Å². The van der Waals surface area contributed by atoms with Gasteiger partial charge in [-0.1, -0.05) is 5.16 Å². The van der Waals surface area contributed by atoms with Crippen molar-refractivity contribution in [3.63, 3.8) is 0 Å². The number of fused-ring (bicyclic) bond motifs is 1. The highest BCUT2D eigenvalue weighted by molar-refractivity contribution is 5.83. The molecule has 0 fully saturated rings. The predicted octanol–water partition coefficient (Wildman–Crippen LogP) is 2.36. The summed E-state index contributed by atoms with van der Waals surface area (Å²) < 4.78 is 5.10. The molecule has 0 amide bonds. The van der Waals surface area contributed by atoms with Crippen molar-refractivity contribution >= 4 is 10.9 Å². The fourth-order valence-corrected chi connectivity index (χ4v) is 1.95. The van der Waals surface area contributed by atoms with Gasteiger partial charge in [-0.05, 0) is 31.2 Å². The first-order chi connectivity index (χ1) is 9.17. The molecule has 0 aliphatic heterocycles. The molecule has 1 aromatic carbocycles. The second-order valence-electron chi connectivity index (χ2n) is 4.26. The topological polar surface area (TPSA) is 82.7 Å². The lowest BCUT2D eigenvalue weighted by molar-refractivity contribution is 0.426. The van der Waals surface area contributed by atoms with E-state index in [0.29, 0.717) is 28.1 Å². The van der Waals surface area contributed by atoms with Crippen molar-refractivity contribution in [3.05, 3.63) is 51.9 Å². The summed E-state index contributed by atoms with van der Waals surface area (Å²) in [5, 5.41) is 13.4. The van der Waals surface area contributed by atoms with E-state index in [1.807, 2.05) is 0 Å². The number of aromatic amines is 1. The van der Waals surface area contributed by atoms with Crippen LogP contribution in [0, 0.1) is 18.3 Å². The van der Waals surface area contributed by atoms with E-state index < -0.39 is 0 Å². The van der Waals surface area contributed by atoms with Crippen LogP contribution in [0.5, 0.6) is 0 Å². The predicted molar refractivity (Wildman–Crippen MR) is 69.5 cm³/mol. The number of aryl methyl sites for hydroxylation is 1. The molecule has 2 heterocycles. The number of pyridine rings is 1. The van der Waals surface area contributed by atoms with Gasteiger partial charge in [0.25, 0.3) is 5.56 Å². The first kappa shape index (κ1) is 11.2. The summed E-state index contributed by atoms with van der Waals surface area (Å²) in [4.78, 5) is 14.8. The Bertz CT molecular complexity index is 868. The van der Waals surface area contributed by atoms with Gasteiger partial charge in [0.15, 0.2) is 5.76 Å². The first-order valence-electron chi connectivity index (χ1n) is 5.68. The minimum absolute atomic E-state index is 0.242. The molecule has 5 heteroatoms. The van der Waals surface area contributed by atoms with Crippen LogP contribution in [0.25, 0.3) is 22.2 Å². The van der Waals surface area contributed by atoms with Crippen molar-refractivity contribution < 1.29 is 4.52 Å². The summed E-state index contributed by atoms with van der Waals surface area (Å²) in [5.74, 6) is 0.419. The molecule has 2 aromatic heterocycles. The molecular formula is C14H9N3O2. The maximum absolute atomic E-state index is 12.0. The number of rotatable bonds is 1. The number of nitrogens with zero attached hydrogens (tertiary/aromatic N) is 2. The van der Waals surface area contributed by atoms with Crippen LogP contribution in [-0.2, 0) is 0 Å². The number of hydrogen-bond donors (Lipinski definition) is 1. The Labute approximate surface area is 108 Å². The standard InChI is InChI=1S/C14H9N3O2/c1-8-4-13(19-17-8)11-6-10-5-9(7-15)2-3-12(10)16-14(11)18/h2-6H,1H3,(H,16,18). The average molecular weight is 251 g/mol. The van der Waals surface area contributed by atoms with Crippen LogP contribution in [0.2, 0.25) is 0 Å². The van der Waals surface area contributed by atoms with E-state index in [2.05, 4.69) is 16.2 Å². The second-order valence-corrected chi connectivity index (χ2v) is 4.26. The lowest BCUT2D eigenvalue weighted by Crippen LogP contribution is -2.08. The van der Waals surface area contributed by atoms with Gasteiger partial charge >= 0.3 is 0 Å². The monoisotopic (exact) mass is 251 g/mol. The highest BCUT2D eigenvalue weighted by Gasteiger charge is 2.10. The van der Waals surface area contributed by atoms with Crippen LogP contribution in [0.1, 0.15) is 11.3 Å². The maximum atomic E-state index is 12.0. The SMILES string of the molecule is Cc1cc(-c2cc3cc(C#N)ccc3[nH]c2=O)on1. The Morgan fingerprint density at radius 1 is 1.32 bits per heavy atom. The molecule has 0 spiro atoms. The van der Waals surface area contributed by atoms with E-state index in [9.17, 15) is 4.79 Å². The van der Waals surface area contributed by atoms with Gasteiger partial charge in [0.05, 0.1) is 22.9 Å². The largest absolute Gasteiger partial charge is 0.356 e. The number of hydrogen-bond acceptors (Lipinski definition) is 4. The molecule has 1 N–H and O–H groups in total. The van der Waals surface area contributed by atoms with E-state index in [-0.39, 0.29) is 5.56 Å². The Morgan fingerprint density at radius 2 is 2.16 bits per heavy atom. The van der Waals surface area contributed by atoms with Crippen molar-refractivity contribution in [1.29, 1.82) is 5.26 Å². The third-order valence-corrected chi connectivity index (χ3v) is 2.87. The zero-order valence-corrected chi connectivity index (χ0v) is 10.1. The Balaban J connectivity index is 2.29. The van der Waals surface area contributed by atoms with Gasteiger partial charge in [0.2, 0.25) is 0 Å². The normalized spacial score (nSPS) is 10.5. The molecule has 0 saturated heterocycles. The molecule has 0 bridgehead atoms. The number of nitrogens with one attached hydrogen (secondary N) is 1. The molecular weight excluding hydrogens is 242 g/mol. The Morgan fingerprint density at radius 3 is 2.84 bits per heavy atom. The number of H-pyrrole nitrogens is 1. The molecule has 0 saturated carbocycles. The molecule has 3 rings (SSSR count). The Kier molecular flexibility index (Phi) is 2.43. The number of nitriles is 1. The molecule has 0 atom stereocenters. The van der Waals surface area contributed by atoms with Crippen molar-refractivity contribution in [3.8, 4) is 17.4 Å². The summed E-state index contributed by atoms with van der Waals surface area (Å²) in [6.45, 7) is 1.79. The zero-order chi connectivity index (χ0) is 13.4. The molecule has 0 aliphatic rings. The fraction of sp³-hybridized carbons (Fsp3) is 0.0714. The van der Waals surface area contributed by atoms with E-state index in [0.717, 1.165) is 5.39 Å². The van der Waals surface area contributed by atoms with Crippen LogP contribution in [0.4, 0.5) is 0 Å². The van der Waals surface area contributed by atoms with E-state index in [4.69, 9.17) is 9.78 Å². The quantitative estimate of drug-likeness (QED) is 0.719. The summed E-state index contributed by atoms with van der Waals surface area (Å²) >= 11 is 0. The summed E-state index contributed by atoms with van der Waals surface area (Å²) in [5.41, 5.74) is 2.10. The number of aromatic nitrogens is 2. The van der Waals surface area contributed by atoms with Gasteiger partial charge in [0.1, 0.15) is 0 Å². The number of benzene rings is 1. The molecule has 3 aromatic rings. The second kappa shape index (κ2) is 4.10. The summed E-state index contributed by atoms with van der Waals surface area (Å²) in [6, 6.07) is 10.6. The van der Waals surface area contributed by atoms with Crippen LogP contribution < -0.4 is 5.56 Å². The van der Waals surface area contributed by atoms with Crippen LogP contribution in [-0.4, -0.2) is 10.1 Å². The van der Waals surface area contributed by atoms with Crippen molar-refractivity contribution in [2.24, 2.45) is 0 Å². The third kappa shape index (κ3) is 1.89. The molecule has 5 nitrogen and oxygen atoms in total. The van der Waals surface area contributed by atoms with Crippen molar-refractivity contribution in [2.45, 2.75) is 6.92 Å². The summed E-state index contributed by atoms with van der Waals surface area (Å²) in [6.07, 6.45) is 0. The van der Waals surface area contributed by atoms with Gasteiger partial charge < -0.3 is 9.51 Å². The maximum Gasteiger partial charge on any atom is 0.259 e. The van der Waals surface area contributed by atoms with Crippen LogP contribution >= 0.6 is 0 Å². The Hall–Kier alpha value is -2.87. The average Bonchev–Trinajstić information content (AvgIpc) is 2.84. The van der Waals surface area contributed by atoms with Crippen molar-refractivity contribution in [1.82, 2.24) is 10.1 Å². The molecule has 19 heavy (non-hydrogen) atoms. The lowest BCUT2D eigenvalue weighted by Gasteiger charge is -2.00. The fourth-order valence-electron chi connectivity index (χ4n) is 1.95. The molecule has 0 aliphatic carbocycles. The minimum atomic E-state index is -0.242. The highest BCUT2D eigenvalue weighted by atomic mass is 16.5. The van der Waals surface area contributed by atoms with Crippen LogP contribution in [0.15, 0.2) is 39.6 Å². The van der Waals surface area contributed by atoms with Crippen LogP contribution in [0.3, 0.4) is 0 Å². The summed E-state index contributed by atoms with van der Waals surface area (Å²) in [7, 11) is 0. The van der Waals surface area contributed by atoms with Gasteiger partial charge in [-0.15, -0.1) is 0 Å². The van der Waals surface area contributed by atoms with Gasteiger partial charge in [0, 0.05) is 17.0 Å². The zero-order valence-electron chi connectivity index (χ0n) is 10.1. The van der Waals surface area contributed by atoms with E-state index in [1.165, 1.54) is 0 Å². The molecule has 92 valence electrons. The van der Waals surface area contributed by atoms with Gasteiger partial charge in [-0.25, -0.2) is 0 Å². The highest BCUT2D eigenvalue weighted by Crippen LogP contribution is 2.20.